The molecule has 0 aliphatic carbocycles. The molecular formula is C18H17ClN8O7S. The number of imidazole rings is 1. The van der Waals surface area contributed by atoms with Crippen LogP contribution in [0.3, 0.4) is 0 Å². The molecule has 17 heteroatoms. The predicted molar refractivity (Wildman–Crippen MR) is 122 cm³/mol. The zero-order chi connectivity index (χ0) is 25.8. The van der Waals surface area contributed by atoms with E-state index in [2.05, 4.69) is 30.4 Å². The van der Waals surface area contributed by atoms with Crippen LogP contribution in [0.2, 0.25) is 5.02 Å². The molecule has 0 radical (unpaired) electrons. The van der Waals surface area contributed by atoms with Crippen LogP contribution in [0.15, 0.2) is 36.7 Å². The molecule has 0 aromatic carbocycles. The van der Waals surface area contributed by atoms with Crippen LogP contribution < -0.4 is 10.1 Å². The van der Waals surface area contributed by atoms with Gasteiger partial charge in [-0.25, -0.2) is 15.0 Å². The molecule has 4 aromatic heterocycles. The van der Waals surface area contributed by atoms with E-state index in [1.807, 2.05) is 6.92 Å². The van der Waals surface area contributed by atoms with E-state index in [-0.39, 0.29) is 11.7 Å². The van der Waals surface area contributed by atoms with Crippen LogP contribution in [-0.4, -0.2) is 52.0 Å². The van der Waals surface area contributed by atoms with Gasteiger partial charge in [-0.1, -0.05) is 16.1 Å². The third kappa shape index (κ3) is 7.24. The van der Waals surface area contributed by atoms with Crippen molar-refractivity contribution in [2.45, 2.75) is 20.4 Å². The molecule has 15 nitrogen and oxygen atoms in total. The zero-order valence-corrected chi connectivity index (χ0v) is 19.6. The lowest BCUT2D eigenvalue weighted by atomic mass is 10.3. The Morgan fingerprint density at radius 2 is 1.86 bits per heavy atom. The van der Waals surface area contributed by atoms with Gasteiger partial charge in [0.1, 0.15) is 28.6 Å². The van der Waals surface area contributed by atoms with Gasteiger partial charge in [-0.15, -0.1) is 0 Å². The van der Waals surface area contributed by atoms with Gasteiger partial charge in [0, 0.05) is 12.1 Å². The van der Waals surface area contributed by atoms with Gasteiger partial charge >= 0.3 is 16.2 Å². The van der Waals surface area contributed by atoms with Crippen molar-refractivity contribution >= 4 is 39.3 Å². The normalized spacial score (nSPS) is 11.0. The minimum absolute atomic E-state index is 0.176. The first-order chi connectivity index (χ1) is 16.4. The number of nitro groups is 1. The van der Waals surface area contributed by atoms with E-state index in [0.29, 0.717) is 40.3 Å². The van der Waals surface area contributed by atoms with Gasteiger partial charge in [0.2, 0.25) is 5.65 Å². The van der Waals surface area contributed by atoms with Crippen molar-refractivity contribution < 1.29 is 27.2 Å². The summed E-state index contributed by atoms with van der Waals surface area (Å²) < 4.78 is 38.3. The smallest absolute Gasteiger partial charge is 0.394 e. The molecule has 0 saturated carbocycles. The first kappa shape index (κ1) is 25.6. The summed E-state index contributed by atoms with van der Waals surface area (Å²) in [7, 11) is -4.67. The van der Waals surface area contributed by atoms with Gasteiger partial charge < -0.3 is 20.2 Å². The maximum Gasteiger partial charge on any atom is 0.394 e. The molecule has 184 valence electrons. The third-order valence-corrected chi connectivity index (χ3v) is 4.55. The molecule has 4 heterocycles. The highest BCUT2D eigenvalue weighted by Gasteiger charge is 2.16. The Bertz CT molecular complexity index is 1470. The summed E-state index contributed by atoms with van der Waals surface area (Å²) in [4.78, 5) is 27.2. The summed E-state index contributed by atoms with van der Waals surface area (Å²) in [6.07, 6.45) is 2.67. The topological polar surface area (TPSA) is 208 Å². The van der Waals surface area contributed by atoms with Crippen molar-refractivity contribution in [3.05, 3.63) is 69.0 Å². The Kier molecular flexibility index (Phi) is 7.70. The Labute approximate surface area is 202 Å². The average molecular weight is 525 g/mol. The second-order valence-corrected chi connectivity index (χ2v) is 8.00. The maximum absolute atomic E-state index is 11.0. The molecule has 3 N–H and O–H groups in total. The van der Waals surface area contributed by atoms with Crippen LogP contribution >= 0.6 is 11.6 Å². The van der Waals surface area contributed by atoms with Crippen molar-refractivity contribution in [1.82, 2.24) is 29.5 Å². The van der Waals surface area contributed by atoms with Crippen molar-refractivity contribution in [3.63, 3.8) is 0 Å². The highest BCUT2D eigenvalue weighted by molar-refractivity contribution is 7.79. The van der Waals surface area contributed by atoms with Crippen LogP contribution in [0.25, 0.3) is 5.65 Å². The highest BCUT2D eigenvalue weighted by Crippen LogP contribution is 2.24. The van der Waals surface area contributed by atoms with E-state index in [1.165, 1.54) is 6.20 Å². The summed E-state index contributed by atoms with van der Waals surface area (Å²) in [5, 5.41) is 18.7. The predicted octanol–water partition coefficient (Wildman–Crippen LogP) is 2.84. The molecule has 0 fully saturated rings. The standard InChI is InChI=1S/C18H15ClN8O3.H2O4S/c1-10-17(19)18(24-11(2)23-10)22-7-12-3-4-13(8-20-12)30-15-6-5-14-21-9-16(27(28)29)26(14)25-15;1-5(2,3)4/h3-6,8-9H,7H2,1-2H3,(H,22,23,24);(H2,1,2,3,4). The number of hydrogen-bond donors (Lipinski definition) is 3. The van der Waals surface area contributed by atoms with Crippen LogP contribution in [-0.2, 0) is 16.9 Å². The molecule has 0 atom stereocenters. The number of aromatic nitrogens is 6. The van der Waals surface area contributed by atoms with E-state index in [0.717, 1.165) is 16.4 Å². The molecule has 0 aliphatic rings. The number of ether oxygens (including phenoxy) is 1. The summed E-state index contributed by atoms with van der Waals surface area (Å²) >= 11 is 6.23. The first-order valence-corrected chi connectivity index (χ1v) is 11.2. The quantitative estimate of drug-likeness (QED) is 0.188. The fraction of sp³-hybridized carbons (Fsp3) is 0.167. The second kappa shape index (κ2) is 10.5. The molecule has 0 unspecified atom stereocenters. The lowest BCUT2D eigenvalue weighted by Crippen LogP contribution is -2.06. The van der Waals surface area contributed by atoms with Gasteiger partial charge in [0.05, 0.1) is 24.1 Å². The van der Waals surface area contributed by atoms with Gasteiger partial charge in [0.15, 0.2) is 0 Å². The number of anilines is 1. The molecule has 0 aliphatic heterocycles. The van der Waals surface area contributed by atoms with Crippen LogP contribution in [0.1, 0.15) is 17.2 Å². The van der Waals surface area contributed by atoms with E-state index in [1.54, 1.807) is 31.2 Å². The van der Waals surface area contributed by atoms with Crippen LogP contribution in [0, 0.1) is 24.0 Å². The number of pyridine rings is 1. The highest BCUT2D eigenvalue weighted by atomic mass is 35.5. The summed E-state index contributed by atoms with van der Waals surface area (Å²) in [6, 6.07) is 6.64. The van der Waals surface area contributed by atoms with Crippen molar-refractivity contribution in [1.29, 1.82) is 0 Å². The molecule has 0 spiro atoms. The molecule has 0 amide bonds. The molecule has 35 heavy (non-hydrogen) atoms. The first-order valence-electron chi connectivity index (χ1n) is 9.47. The Hall–Kier alpha value is -3.99. The monoisotopic (exact) mass is 524 g/mol. The summed E-state index contributed by atoms with van der Waals surface area (Å²) in [5.74, 6) is 1.53. The van der Waals surface area contributed by atoms with Gasteiger partial charge in [0.25, 0.3) is 5.88 Å². The number of aryl methyl sites for hydroxylation is 2. The fourth-order valence-electron chi connectivity index (χ4n) is 2.71. The Morgan fingerprint density at radius 1 is 1.14 bits per heavy atom. The number of fused-ring (bicyclic) bond motifs is 1. The number of rotatable bonds is 6. The molecule has 0 saturated heterocycles. The van der Waals surface area contributed by atoms with Crippen molar-refractivity contribution in [3.8, 4) is 11.6 Å². The number of hydrogen-bond acceptors (Lipinski definition) is 11. The lowest BCUT2D eigenvalue weighted by molar-refractivity contribution is -0.391. The average Bonchev–Trinajstić information content (AvgIpc) is 3.19. The zero-order valence-electron chi connectivity index (χ0n) is 18.0. The molecule has 4 rings (SSSR count). The minimum atomic E-state index is -4.67. The van der Waals surface area contributed by atoms with E-state index in [9.17, 15) is 10.1 Å². The van der Waals surface area contributed by atoms with Gasteiger partial charge in [-0.05, 0) is 36.0 Å². The number of halogens is 1. The minimum Gasteiger partial charge on any atom is -0.434 e. The van der Waals surface area contributed by atoms with E-state index in [4.69, 9.17) is 33.9 Å². The van der Waals surface area contributed by atoms with Crippen LogP contribution in [0.5, 0.6) is 11.6 Å². The fourth-order valence-corrected chi connectivity index (χ4v) is 2.86. The van der Waals surface area contributed by atoms with E-state index >= 15 is 0 Å². The Morgan fingerprint density at radius 3 is 2.49 bits per heavy atom. The van der Waals surface area contributed by atoms with Gasteiger partial charge in [-0.2, -0.15) is 8.42 Å². The largest absolute Gasteiger partial charge is 0.434 e. The SMILES string of the molecule is Cc1nc(C)c(Cl)c(NCc2ccc(Oc3ccc4ncc([N+](=O)[O-])n4n3)cn2)n1.O=S(=O)(O)O. The third-order valence-electron chi connectivity index (χ3n) is 4.09. The van der Waals surface area contributed by atoms with Crippen LogP contribution in [0.4, 0.5) is 11.6 Å². The molecule has 0 bridgehead atoms. The van der Waals surface area contributed by atoms with E-state index < -0.39 is 15.3 Å². The molecular weight excluding hydrogens is 508 g/mol. The summed E-state index contributed by atoms with van der Waals surface area (Å²) in [6.45, 7) is 4.01. The number of nitrogens with zero attached hydrogens (tertiary/aromatic N) is 7. The maximum atomic E-state index is 11.0. The second-order valence-electron chi connectivity index (χ2n) is 6.72. The number of nitrogens with one attached hydrogen (secondary N) is 1. The Balaban J connectivity index is 0.000000623. The summed E-state index contributed by atoms with van der Waals surface area (Å²) in [5.41, 5.74) is 1.79. The van der Waals surface area contributed by atoms with Crippen molar-refractivity contribution in [2.24, 2.45) is 0 Å². The molecule has 4 aromatic rings. The van der Waals surface area contributed by atoms with Crippen molar-refractivity contribution in [2.75, 3.05) is 5.32 Å². The lowest BCUT2D eigenvalue weighted by Gasteiger charge is -2.10. The van der Waals surface area contributed by atoms with Gasteiger partial charge in [-0.3, -0.25) is 14.1 Å².